The highest BCUT2D eigenvalue weighted by atomic mass is 16.2. The first-order valence-electron chi connectivity index (χ1n) is 7.60. The van der Waals surface area contributed by atoms with Crippen LogP contribution in [0.25, 0.3) is 0 Å². The van der Waals surface area contributed by atoms with Gasteiger partial charge in [-0.25, -0.2) is 9.97 Å². The Kier molecular flexibility index (Phi) is 4.33. The minimum absolute atomic E-state index is 0.00347. The molecule has 1 aliphatic carbocycles. The van der Waals surface area contributed by atoms with Crippen LogP contribution < -0.4 is 11.1 Å². The van der Waals surface area contributed by atoms with Crippen molar-refractivity contribution in [2.45, 2.75) is 53.5 Å². The van der Waals surface area contributed by atoms with Gasteiger partial charge in [0.15, 0.2) is 0 Å². The lowest BCUT2D eigenvalue weighted by atomic mass is 9.61. The van der Waals surface area contributed by atoms with Crippen LogP contribution in [0.15, 0.2) is 6.07 Å². The van der Waals surface area contributed by atoms with E-state index in [4.69, 9.17) is 5.73 Å². The smallest absolute Gasteiger partial charge is 0.230 e. The molecule has 0 saturated heterocycles. The Morgan fingerprint density at radius 3 is 2.43 bits per heavy atom. The van der Waals surface area contributed by atoms with Gasteiger partial charge in [-0.1, -0.05) is 20.8 Å². The highest BCUT2D eigenvalue weighted by Gasteiger charge is 2.45. The van der Waals surface area contributed by atoms with E-state index in [0.29, 0.717) is 11.9 Å². The molecule has 1 aromatic heterocycles. The minimum Gasteiger partial charge on any atom is -0.327 e. The van der Waals surface area contributed by atoms with Crippen molar-refractivity contribution in [2.24, 2.45) is 23.0 Å². The Bertz CT molecular complexity index is 521. The van der Waals surface area contributed by atoms with Gasteiger partial charge >= 0.3 is 0 Å². The van der Waals surface area contributed by atoms with Crippen LogP contribution in [0.1, 0.15) is 45.0 Å². The van der Waals surface area contributed by atoms with Crippen molar-refractivity contribution in [1.29, 1.82) is 0 Å². The summed E-state index contributed by atoms with van der Waals surface area (Å²) in [5.74, 6) is 0.651. The van der Waals surface area contributed by atoms with Gasteiger partial charge in [0.2, 0.25) is 11.9 Å². The maximum absolute atomic E-state index is 12.6. The number of hydrogen-bond donors (Lipinski definition) is 2. The molecule has 5 heteroatoms. The first-order chi connectivity index (χ1) is 9.71. The monoisotopic (exact) mass is 290 g/mol. The van der Waals surface area contributed by atoms with Gasteiger partial charge in [0.1, 0.15) is 0 Å². The Balaban J connectivity index is 2.16. The summed E-state index contributed by atoms with van der Waals surface area (Å²) in [6, 6.07) is 2.06. The van der Waals surface area contributed by atoms with Gasteiger partial charge in [-0.3, -0.25) is 10.1 Å². The number of nitrogens with two attached hydrogens (primary N) is 1. The standard InChI is InChI=1S/C16H26N4O/c1-9-8-10(2)19-15(18-9)20-14(21)12-6-7-13(17)11(3)16(12,4)5/h8,11-13H,6-7,17H2,1-5H3,(H,18,19,20,21). The van der Waals surface area contributed by atoms with E-state index >= 15 is 0 Å². The first-order valence-corrected chi connectivity index (χ1v) is 7.60. The number of rotatable bonds is 2. The number of nitrogens with one attached hydrogen (secondary N) is 1. The van der Waals surface area contributed by atoms with Crippen LogP contribution in [0.2, 0.25) is 0 Å². The zero-order valence-electron chi connectivity index (χ0n) is 13.6. The highest BCUT2D eigenvalue weighted by molar-refractivity contribution is 5.91. The lowest BCUT2D eigenvalue weighted by Gasteiger charge is -2.45. The second kappa shape index (κ2) is 5.72. The normalized spacial score (nSPS) is 28.2. The fourth-order valence-electron chi connectivity index (χ4n) is 3.30. The van der Waals surface area contributed by atoms with Gasteiger partial charge in [-0.2, -0.15) is 0 Å². The Morgan fingerprint density at radius 1 is 1.29 bits per heavy atom. The van der Waals surface area contributed by atoms with E-state index in [1.807, 2.05) is 19.9 Å². The van der Waals surface area contributed by atoms with E-state index in [0.717, 1.165) is 24.2 Å². The summed E-state index contributed by atoms with van der Waals surface area (Å²) < 4.78 is 0. The van der Waals surface area contributed by atoms with Crippen LogP contribution in [-0.4, -0.2) is 21.9 Å². The zero-order chi connectivity index (χ0) is 15.8. The predicted octanol–water partition coefficient (Wildman–Crippen LogP) is 2.43. The van der Waals surface area contributed by atoms with Gasteiger partial charge in [-0.15, -0.1) is 0 Å². The molecule has 0 bridgehead atoms. The second-order valence-corrected chi connectivity index (χ2v) is 6.87. The number of aryl methyl sites for hydroxylation is 2. The molecule has 1 heterocycles. The fraction of sp³-hybridized carbons (Fsp3) is 0.688. The van der Waals surface area contributed by atoms with Crippen molar-refractivity contribution < 1.29 is 4.79 Å². The van der Waals surface area contributed by atoms with Crippen molar-refractivity contribution in [3.05, 3.63) is 17.5 Å². The number of aromatic nitrogens is 2. The first kappa shape index (κ1) is 15.9. The predicted molar refractivity (Wildman–Crippen MR) is 83.8 cm³/mol. The lowest BCUT2D eigenvalue weighted by Crippen LogP contribution is -2.50. The molecule has 3 unspecified atom stereocenters. The van der Waals surface area contributed by atoms with E-state index in [1.165, 1.54) is 0 Å². The molecular weight excluding hydrogens is 264 g/mol. The highest BCUT2D eigenvalue weighted by Crippen LogP contribution is 2.44. The van der Waals surface area contributed by atoms with Gasteiger partial charge in [0.25, 0.3) is 0 Å². The van der Waals surface area contributed by atoms with Crippen molar-refractivity contribution in [1.82, 2.24) is 9.97 Å². The van der Waals surface area contributed by atoms with Gasteiger partial charge in [-0.05, 0) is 44.1 Å². The molecule has 1 aromatic rings. The largest absolute Gasteiger partial charge is 0.327 e. The maximum Gasteiger partial charge on any atom is 0.230 e. The number of nitrogens with zero attached hydrogens (tertiary/aromatic N) is 2. The van der Waals surface area contributed by atoms with Crippen molar-refractivity contribution >= 4 is 11.9 Å². The molecule has 1 amide bonds. The average molecular weight is 290 g/mol. The Labute approximate surface area is 126 Å². The molecule has 1 aliphatic rings. The van der Waals surface area contributed by atoms with Crippen LogP contribution in [0.4, 0.5) is 5.95 Å². The minimum atomic E-state index is -0.124. The molecule has 5 nitrogen and oxygen atoms in total. The van der Waals surface area contributed by atoms with E-state index in [1.54, 1.807) is 0 Å². The molecule has 0 spiro atoms. The van der Waals surface area contributed by atoms with E-state index in [2.05, 4.69) is 36.1 Å². The summed E-state index contributed by atoms with van der Waals surface area (Å²) in [5, 5.41) is 2.88. The summed E-state index contributed by atoms with van der Waals surface area (Å²) in [6.07, 6.45) is 1.70. The summed E-state index contributed by atoms with van der Waals surface area (Å²) >= 11 is 0. The van der Waals surface area contributed by atoms with Crippen LogP contribution in [0, 0.1) is 31.1 Å². The summed E-state index contributed by atoms with van der Waals surface area (Å²) in [7, 11) is 0. The van der Waals surface area contributed by atoms with Crippen molar-refractivity contribution in [2.75, 3.05) is 5.32 Å². The summed E-state index contributed by atoms with van der Waals surface area (Å²) in [6.45, 7) is 10.2. The molecule has 21 heavy (non-hydrogen) atoms. The average Bonchev–Trinajstić information content (AvgIpc) is 2.34. The van der Waals surface area contributed by atoms with Gasteiger partial charge in [0, 0.05) is 23.3 Å². The number of carbonyl (C=O) groups excluding carboxylic acids is 1. The second-order valence-electron chi connectivity index (χ2n) is 6.87. The van der Waals surface area contributed by atoms with Crippen molar-refractivity contribution in [3.63, 3.8) is 0 Å². The molecule has 116 valence electrons. The number of anilines is 1. The summed E-state index contributed by atoms with van der Waals surface area (Å²) in [5.41, 5.74) is 7.74. The molecule has 0 radical (unpaired) electrons. The molecule has 0 aliphatic heterocycles. The SMILES string of the molecule is Cc1cc(C)nc(NC(=O)C2CCC(N)C(C)C2(C)C)n1. The molecule has 1 saturated carbocycles. The molecule has 3 N–H and O–H groups in total. The van der Waals surface area contributed by atoms with Crippen LogP contribution in [0.3, 0.4) is 0 Å². The van der Waals surface area contributed by atoms with E-state index in [-0.39, 0.29) is 23.3 Å². The molecule has 3 atom stereocenters. The molecule has 2 rings (SSSR count). The maximum atomic E-state index is 12.6. The third-order valence-electron chi connectivity index (χ3n) is 5.04. The quantitative estimate of drug-likeness (QED) is 0.876. The lowest BCUT2D eigenvalue weighted by molar-refractivity contribution is -0.127. The molecule has 0 aromatic carbocycles. The van der Waals surface area contributed by atoms with Crippen molar-refractivity contribution in [3.8, 4) is 0 Å². The molecule has 1 fully saturated rings. The Hall–Kier alpha value is -1.49. The topological polar surface area (TPSA) is 80.9 Å². The van der Waals surface area contributed by atoms with E-state index in [9.17, 15) is 4.79 Å². The fourth-order valence-corrected chi connectivity index (χ4v) is 3.30. The van der Waals surface area contributed by atoms with Gasteiger partial charge in [0.05, 0.1) is 0 Å². The Morgan fingerprint density at radius 2 is 1.86 bits per heavy atom. The third kappa shape index (κ3) is 3.23. The zero-order valence-corrected chi connectivity index (χ0v) is 13.6. The van der Waals surface area contributed by atoms with Crippen LogP contribution in [-0.2, 0) is 4.79 Å². The van der Waals surface area contributed by atoms with Crippen LogP contribution in [0.5, 0.6) is 0 Å². The number of hydrogen-bond acceptors (Lipinski definition) is 4. The number of amides is 1. The molecular formula is C16H26N4O. The van der Waals surface area contributed by atoms with E-state index < -0.39 is 0 Å². The third-order valence-corrected chi connectivity index (χ3v) is 5.04. The van der Waals surface area contributed by atoms with Crippen LogP contribution >= 0.6 is 0 Å². The number of carbonyl (C=O) groups is 1. The summed E-state index contributed by atoms with van der Waals surface area (Å²) in [4.78, 5) is 21.2. The van der Waals surface area contributed by atoms with Gasteiger partial charge < -0.3 is 5.73 Å².